The Balaban J connectivity index is 2.79. The fourth-order valence-corrected chi connectivity index (χ4v) is 11.5. The number of esters is 2. The van der Waals surface area contributed by atoms with Gasteiger partial charge in [0.25, 0.3) is 15.7 Å². The maximum atomic E-state index is 14.0. The quantitative estimate of drug-likeness (QED) is 0.0522. The molecule has 43 heavy (non-hydrogen) atoms. The highest BCUT2D eigenvalue weighted by Gasteiger charge is 2.76. The fraction of sp³-hybridized carbons (Fsp3) is 0.333. The summed E-state index contributed by atoms with van der Waals surface area (Å²) in [5, 5.41) is 10.8. The first-order chi connectivity index (χ1) is 19.3. The highest BCUT2D eigenvalue weighted by atomic mass is 127. The van der Waals surface area contributed by atoms with E-state index in [0.29, 0.717) is 14.1 Å². The van der Waals surface area contributed by atoms with Gasteiger partial charge in [-0.1, -0.05) is 0 Å². The Kier molecular flexibility index (Phi) is 13.8. The van der Waals surface area contributed by atoms with Crippen LogP contribution in [-0.4, -0.2) is 60.0 Å². The molecule has 2 aromatic carbocycles. The first-order valence-electron chi connectivity index (χ1n) is 10.4. The number of halogens is 12. The van der Waals surface area contributed by atoms with Gasteiger partial charge in [0, 0.05) is 7.14 Å². The van der Waals surface area contributed by atoms with Crippen LogP contribution in [0.4, 0.5) is 26.3 Å². The topological polar surface area (TPSA) is 136 Å². The van der Waals surface area contributed by atoms with Crippen LogP contribution in [0.2, 0.25) is 0 Å². The second-order valence-corrected chi connectivity index (χ2v) is 17.0. The van der Waals surface area contributed by atoms with Crippen LogP contribution in [0, 0.1) is 26.8 Å². The Hall–Kier alpha value is 1.17. The predicted octanol–water partition coefficient (Wildman–Crippen LogP) is 6.92. The number of hydrogen-bond acceptors (Lipinski definition) is 8. The van der Waals surface area contributed by atoms with Crippen LogP contribution >= 0.6 is 136 Å². The number of aliphatic hydroxyl groups is 1. The molecule has 1 atom stereocenters. The highest BCUT2D eigenvalue weighted by molar-refractivity contribution is 14.1. The van der Waals surface area contributed by atoms with Gasteiger partial charge in [-0.15, -0.1) is 0 Å². The number of rotatable bonds is 9. The maximum Gasteiger partial charge on any atom is 0.427 e. The van der Waals surface area contributed by atoms with Crippen LogP contribution in [-0.2, 0) is 24.4 Å². The van der Waals surface area contributed by atoms with Crippen LogP contribution < -0.4 is 9.47 Å². The zero-order valence-electron chi connectivity index (χ0n) is 20.3. The molecule has 0 amide bonds. The van der Waals surface area contributed by atoms with Gasteiger partial charge in [-0.2, -0.15) is 34.8 Å². The van der Waals surface area contributed by atoms with Gasteiger partial charge in [0.1, 0.15) is 5.75 Å². The Morgan fingerprint density at radius 2 is 1.07 bits per heavy atom. The molecular formula is C21H12F6I6O9S. The Labute approximate surface area is 320 Å². The molecule has 0 fully saturated rings. The second kappa shape index (κ2) is 14.7. The van der Waals surface area contributed by atoms with E-state index in [9.17, 15) is 49.5 Å². The van der Waals surface area contributed by atoms with Crippen LogP contribution in [0.5, 0.6) is 11.5 Å². The van der Waals surface area contributed by atoms with Crippen molar-refractivity contribution in [1.82, 2.24) is 0 Å². The average molecular weight is 1320 g/mol. The van der Waals surface area contributed by atoms with Crippen molar-refractivity contribution < 1.29 is 68.2 Å². The number of ether oxygens (including phenoxy) is 3. The molecule has 9 nitrogen and oxygen atoms in total. The van der Waals surface area contributed by atoms with Crippen LogP contribution in [0.3, 0.4) is 0 Å². The molecule has 2 aromatic rings. The lowest BCUT2D eigenvalue weighted by atomic mass is 9.89. The van der Waals surface area contributed by atoms with E-state index in [4.69, 9.17) is 14.0 Å². The molecule has 2 N–H and O–H groups in total. The summed E-state index contributed by atoms with van der Waals surface area (Å²) in [4.78, 5) is 27.0. The van der Waals surface area contributed by atoms with E-state index in [1.54, 1.807) is 90.4 Å². The lowest BCUT2D eigenvalue weighted by Crippen LogP contribution is -2.66. The number of aliphatic hydroxyl groups excluding tert-OH is 1. The van der Waals surface area contributed by atoms with E-state index in [-0.39, 0.29) is 25.8 Å². The van der Waals surface area contributed by atoms with Crippen LogP contribution in [0.15, 0.2) is 24.3 Å². The molecule has 0 aromatic heterocycles. The Morgan fingerprint density at radius 1 is 0.767 bits per heavy atom. The molecule has 0 aliphatic heterocycles. The summed E-state index contributed by atoms with van der Waals surface area (Å²) < 4.78 is 132. The first-order valence-corrected chi connectivity index (χ1v) is 18.5. The molecule has 0 aliphatic rings. The van der Waals surface area contributed by atoms with Crippen molar-refractivity contribution in [3.8, 4) is 11.5 Å². The number of hydrogen-bond donors (Lipinski definition) is 2. The van der Waals surface area contributed by atoms with E-state index in [0.717, 1.165) is 0 Å². The molecule has 0 saturated carbocycles. The third kappa shape index (κ3) is 9.41. The predicted molar refractivity (Wildman–Crippen MR) is 187 cm³/mol. The minimum atomic E-state index is -6.67. The normalized spacial score (nSPS) is 13.9. The molecule has 22 heteroatoms. The second-order valence-electron chi connectivity index (χ2n) is 8.40. The zero-order chi connectivity index (χ0) is 33.5. The Bertz CT molecular complexity index is 1400. The maximum absolute atomic E-state index is 14.0. The number of benzene rings is 2. The third-order valence-corrected chi connectivity index (χ3v) is 10.5. The lowest BCUT2D eigenvalue weighted by molar-refractivity contribution is -0.404. The molecule has 0 heterocycles. The number of carbonyl (C=O) groups is 2. The van der Waals surface area contributed by atoms with E-state index in [1.807, 2.05) is 45.2 Å². The van der Waals surface area contributed by atoms with Crippen LogP contribution in [0.25, 0.3) is 0 Å². The Morgan fingerprint density at radius 3 is 1.33 bits per heavy atom. The average Bonchev–Trinajstić information content (AvgIpc) is 2.79. The summed E-state index contributed by atoms with van der Waals surface area (Å²) in [6.45, 7) is 0.395. The zero-order valence-corrected chi connectivity index (χ0v) is 34.1. The van der Waals surface area contributed by atoms with Gasteiger partial charge in [0.15, 0.2) is 17.8 Å². The van der Waals surface area contributed by atoms with Crippen molar-refractivity contribution in [3.63, 3.8) is 0 Å². The van der Waals surface area contributed by atoms with Crippen molar-refractivity contribution in [3.05, 3.63) is 45.7 Å². The lowest BCUT2D eigenvalue weighted by Gasteiger charge is -2.40. The molecule has 2 rings (SSSR count). The van der Waals surface area contributed by atoms with E-state index < -0.39 is 57.5 Å². The molecule has 0 aliphatic carbocycles. The van der Waals surface area contributed by atoms with Crippen molar-refractivity contribution in [2.45, 2.75) is 31.2 Å². The van der Waals surface area contributed by atoms with Crippen molar-refractivity contribution in [2.75, 3.05) is 5.75 Å². The molecule has 240 valence electrons. The van der Waals surface area contributed by atoms with Gasteiger partial charge < -0.3 is 19.3 Å². The van der Waals surface area contributed by atoms with Gasteiger partial charge in [-0.25, -0.2) is 0 Å². The van der Waals surface area contributed by atoms with Crippen molar-refractivity contribution in [1.29, 1.82) is 0 Å². The molecule has 0 spiro atoms. The first kappa shape index (κ1) is 40.3. The third-order valence-electron chi connectivity index (χ3n) is 5.27. The minimum Gasteiger partial charge on any atom is -0.423 e. The summed E-state index contributed by atoms with van der Waals surface area (Å²) in [6.07, 6.45) is -17.0. The van der Waals surface area contributed by atoms with Gasteiger partial charge in [0.2, 0.25) is 5.41 Å². The summed E-state index contributed by atoms with van der Waals surface area (Å²) in [6, 6.07) is 5.93. The summed E-state index contributed by atoms with van der Waals surface area (Å²) in [5.74, 6) is -7.55. The van der Waals surface area contributed by atoms with E-state index >= 15 is 0 Å². The van der Waals surface area contributed by atoms with Gasteiger partial charge in [-0.05, 0) is 167 Å². The molecular weight excluding hydrogens is 1300 g/mol. The summed E-state index contributed by atoms with van der Waals surface area (Å²) in [5.41, 5.74) is -9.34. The highest BCUT2D eigenvalue weighted by Crippen LogP contribution is 2.49. The monoisotopic (exact) mass is 1320 g/mol. The molecule has 0 radical (unpaired) electrons. The standard InChI is InChI=1S/C21H12F6I6O9S/c1-18(15(34)40-13-9(30)2-7(28)3-10(13)31,16(35)41-14-11(32)4-8(29)5-12(14)33)17(36)42-19(20(22,23)24,21(25,26)27)6-43(37,38)39/h2-5,17,36H,6H2,1H3,(H,37,38,39). The number of carbonyl (C=O) groups excluding carboxylic acids is 2. The van der Waals surface area contributed by atoms with Crippen molar-refractivity contribution in [2.24, 2.45) is 5.41 Å². The SMILES string of the molecule is CC(C(=O)Oc1c(I)cc(I)cc1I)(C(=O)Oc1c(I)cc(I)cc1I)C(O)OC(CS(=O)(=O)O)(C(F)(F)F)C(F)(F)F. The van der Waals surface area contributed by atoms with E-state index in [2.05, 4.69) is 4.74 Å². The minimum absolute atomic E-state index is 0.224. The van der Waals surface area contributed by atoms with Gasteiger partial charge in [-0.3, -0.25) is 14.1 Å². The van der Waals surface area contributed by atoms with Gasteiger partial charge >= 0.3 is 24.3 Å². The van der Waals surface area contributed by atoms with Gasteiger partial charge in [0.05, 0.1) is 14.3 Å². The molecule has 0 bridgehead atoms. The summed E-state index contributed by atoms with van der Waals surface area (Å²) >= 11 is 10.6. The smallest absolute Gasteiger partial charge is 0.423 e. The van der Waals surface area contributed by atoms with Crippen molar-refractivity contribution >= 4 is 158 Å². The van der Waals surface area contributed by atoms with E-state index in [1.165, 1.54) is 24.3 Å². The summed E-state index contributed by atoms with van der Waals surface area (Å²) in [7, 11) is -6.12. The largest absolute Gasteiger partial charge is 0.427 e. The number of alkyl halides is 6. The van der Waals surface area contributed by atoms with Crippen LogP contribution in [0.1, 0.15) is 6.92 Å². The fourth-order valence-electron chi connectivity index (χ4n) is 2.99. The molecule has 0 saturated heterocycles. The molecule has 1 unspecified atom stereocenters.